The first-order valence-corrected chi connectivity index (χ1v) is 8.35. The van der Waals surface area contributed by atoms with E-state index in [1.165, 1.54) is 0 Å². The quantitative estimate of drug-likeness (QED) is 0.769. The maximum atomic E-state index is 12.4. The predicted octanol–water partition coefficient (Wildman–Crippen LogP) is 2.19. The van der Waals surface area contributed by atoms with E-state index in [4.69, 9.17) is 0 Å². The first kappa shape index (κ1) is 15.6. The SMILES string of the molecule is O=C(Cc1ccc(-n2cccn2)cc1)NC1c2ccccc2CC1O. The first-order valence-electron chi connectivity index (χ1n) is 8.35. The second-order valence-corrected chi connectivity index (χ2v) is 6.31. The molecule has 0 spiro atoms. The van der Waals surface area contributed by atoms with Crippen molar-refractivity contribution in [1.29, 1.82) is 0 Å². The average molecular weight is 333 g/mol. The van der Waals surface area contributed by atoms with Crippen LogP contribution >= 0.6 is 0 Å². The third kappa shape index (κ3) is 3.19. The summed E-state index contributed by atoms with van der Waals surface area (Å²) in [6.45, 7) is 0. The minimum Gasteiger partial charge on any atom is -0.390 e. The van der Waals surface area contributed by atoms with Crippen LogP contribution in [0.5, 0.6) is 0 Å². The van der Waals surface area contributed by atoms with Crippen molar-refractivity contribution in [3.63, 3.8) is 0 Å². The Morgan fingerprint density at radius 3 is 2.72 bits per heavy atom. The second-order valence-electron chi connectivity index (χ2n) is 6.31. The van der Waals surface area contributed by atoms with Gasteiger partial charge < -0.3 is 10.4 Å². The zero-order chi connectivity index (χ0) is 17.2. The van der Waals surface area contributed by atoms with Gasteiger partial charge in [-0.25, -0.2) is 4.68 Å². The van der Waals surface area contributed by atoms with Crippen molar-refractivity contribution in [2.45, 2.75) is 25.0 Å². The molecule has 2 atom stereocenters. The number of aliphatic hydroxyl groups is 1. The van der Waals surface area contributed by atoms with E-state index >= 15 is 0 Å². The highest BCUT2D eigenvalue weighted by atomic mass is 16.3. The Labute approximate surface area is 145 Å². The van der Waals surface area contributed by atoms with Gasteiger partial charge in [-0.15, -0.1) is 0 Å². The Morgan fingerprint density at radius 2 is 1.96 bits per heavy atom. The first-order chi connectivity index (χ1) is 12.2. The van der Waals surface area contributed by atoms with Crippen LogP contribution in [0, 0.1) is 0 Å². The highest BCUT2D eigenvalue weighted by molar-refractivity contribution is 5.79. The van der Waals surface area contributed by atoms with Crippen molar-refractivity contribution >= 4 is 5.91 Å². The Kier molecular flexibility index (Phi) is 4.07. The molecule has 0 aliphatic heterocycles. The minimum atomic E-state index is -0.566. The molecule has 4 rings (SSSR count). The van der Waals surface area contributed by atoms with Gasteiger partial charge in [0, 0.05) is 18.8 Å². The standard InChI is InChI=1S/C20H19N3O2/c24-18-13-15-4-1-2-5-17(15)20(18)22-19(25)12-14-6-8-16(9-7-14)23-11-3-10-21-23/h1-11,18,20,24H,12-13H2,(H,22,25). The number of carbonyl (C=O) groups excluding carboxylic acids is 1. The van der Waals surface area contributed by atoms with Gasteiger partial charge in [0.2, 0.25) is 5.91 Å². The summed E-state index contributed by atoms with van der Waals surface area (Å²) < 4.78 is 1.77. The third-order valence-corrected chi connectivity index (χ3v) is 4.59. The van der Waals surface area contributed by atoms with Gasteiger partial charge in [0.05, 0.1) is 24.3 Å². The summed E-state index contributed by atoms with van der Waals surface area (Å²) in [4.78, 5) is 12.4. The van der Waals surface area contributed by atoms with Crippen molar-refractivity contribution < 1.29 is 9.90 Å². The summed E-state index contributed by atoms with van der Waals surface area (Å²) in [5, 5.41) is 17.4. The zero-order valence-corrected chi connectivity index (χ0v) is 13.7. The van der Waals surface area contributed by atoms with Crippen molar-refractivity contribution in [2.24, 2.45) is 0 Å². The normalized spacial score (nSPS) is 18.8. The lowest BCUT2D eigenvalue weighted by molar-refractivity contribution is -0.121. The van der Waals surface area contributed by atoms with E-state index in [-0.39, 0.29) is 18.4 Å². The summed E-state index contributed by atoms with van der Waals surface area (Å²) in [5.74, 6) is -0.0902. The molecule has 0 radical (unpaired) electrons. The van der Waals surface area contributed by atoms with E-state index in [0.29, 0.717) is 6.42 Å². The second kappa shape index (κ2) is 6.53. The van der Waals surface area contributed by atoms with Crippen LogP contribution in [0.2, 0.25) is 0 Å². The average Bonchev–Trinajstić information content (AvgIpc) is 3.25. The summed E-state index contributed by atoms with van der Waals surface area (Å²) in [5.41, 5.74) is 3.99. The largest absolute Gasteiger partial charge is 0.390 e. The molecule has 1 aliphatic rings. The lowest BCUT2D eigenvalue weighted by atomic mass is 10.1. The summed E-state index contributed by atoms with van der Waals surface area (Å²) >= 11 is 0. The highest BCUT2D eigenvalue weighted by Crippen LogP contribution is 2.31. The molecular weight excluding hydrogens is 314 g/mol. The van der Waals surface area contributed by atoms with Crippen LogP contribution in [0.25, 0.3) is 5.69 Å². The number of hydrogen-bond acceptors (Lipinski definition) is 3. The fraction of sp³-hybridized carbons (Fsp3) is 0.200. The van der Waals surface area contributed by atoms with E-state index < -0.39 is 6.10 Å². The van der Waals surface area contributed by atoms with Gasteiger partial charge in [-0.05, 0) is 34.9 Å². The van der Waals surface area contributed by atoms with Crippen LogP contribution in [-0.2, 0) is 17.6 Å². The van der Waals surface area contributed by atoms with Gasteiger partial charge in [-0.1, -0.05) is 36.4 Å². The third-order valence-electron chi connectivity index (χ3n) is 4.59. The summed E-state index contributed by atoms with van der Waals surface area (Å²) in [6, 6.07) is 17.1. The van der Waals surface area contributed by atoms with Crippen LogP contribution in [0.3, 0.4) is 0 Å². The lowest BCUT2D eigenvalue weighted by Crippen LogP contribution is -2.34. The molecule has 1 heterocycles. The van der Waals surface area contributed by atoms with Crippen LogP contribution in [0.15, 0.2) is 67.0 Å². The number of benzene rings is 2. The van der Waals surface area contributed by atoms with Crippen LogP contribution in [-0.4, -0.2) is 26.9 Å². The number of aliphatic hydroxyl groups excluding tert-OH is 1. The van der Waals surface area contributed by atoms with Crippen LogP contribution in [0.4, 0.5) is 0 Å². The molecule has 25 heavy (non-hydrogen) atoms. The molecule has 1 aliphatic carbocycles. The van der Waals surface area contributed by atoms with Gasteiger partial charge in [0.25, 0.3) is 0 Å². The minimum absolute atomic E-state index is 0.0902. The van der Waals surface area contributed by atoms with E-state index in [9.17, 15) is 9.90 Å². The van der Waals surface area contributed by atoms with Gasteiger partial charge in [0.15, 0.2) is 0 Å². The van der Waals surface area contributed by atoms with Gasteiger partial charge in [-0.3, -0.25) is 4.79 Å². The molecule has 2 unspecified atom stereocenters. The number of aromatic nitrogens is 2. The molecule has 126 valence electrons. The molecular formula is C20H19N3O2. The number of nitrogens with one attached hydrogen (secondary N) is 1. The maximum Gasteiger partial charge on any atom is 0.224 e. The fourth-order valence-corrected chi connectivity index (χ4v) is 3.35. The zero-order valence-electron chi connectivity index (χ0n) is 13.7. The summed E-state index contributed by atoms with van der Waals surface area (Å²) in [7, 11) is 0. The Balaban J connectivity index is 1.42. The molecule has 0 saturated heterocycles. The number of carbonyl (C=O) groups is 1. The van der Waals surface area contributed by atoms with Gasteiger partial charge >= 0.3 is 0 Å². The van der Waals surface area contributed by atoms with Crippen molar-refractivity contribution in [2.75, 3.05) is 0 Å². The molecule has 0 bridgehead atoms. The Hall–Kier alpha value is -2.92. The number of fused-ring (bicyclic) bond motifs is 1. The molecule has 0 fully saturated rings. The molecule has 2 N–H and O–H groups in total. The maximum absolute atomic E-state index is 12.4. The number of hydrogen-bond donors (Lipinski definition) is 2. The Bertz CT molecular complexity index is 872. The van der Waals surface area contributed by atoms with Crippen LogP contribution in [0.1, 0.15) is 22.7 Å². The molecule has 0 saturated carbocycles. The predicted molar refractivity (Wildman–Crippen MR) is 94.3 cm³/mol. The van der Waals surface area contributed by atoms with Gasteiger partial charge in [-0.2, -0.15) is 5.10 Å². The molecule has 1 amide bonds. The van der Waals surface area contributed by atoms with E-state index in [1.54, 1.807) is 10.9 Å². The molecule has 5 heteroatoms. The molecule has 3 aromatic rings. The topological polar surface area (TPSA) is 67.2 Å². The van der Waals surface area contributed by atoms with Crippen molar-refractivity contribution in [1.82, 2.24) is 15.1 Å². The van der Waals surface area contributed by atoms with Crippen LogP contribution < -0.4 is 5.32 Å². The van der Waals surface area contributed by atoms with E-state index in [0.717, 1.165) is 22.4 Å². The number of nitrogens with zero attached hydrogens (tertiary/aromatic N) is 2. The fourth-order valence-electron chi connectivity index (χ4n) is 3.35. The highest BCUT2D eigenvalue weighted by Gasteiger charge is 2.31. The molecule has 2 aromatic carbocycles. The van der Waals surface area contributed by atoms with Gasteiger partial charge in [0.1, 0.15) is 0 Å². The smallest absolute Gasteiger partial charge is 0.224 e. The lowest BCUT2D eigenvalue weighted by Gasteiger charge is -2.18. The summed E-state index contributed by atoms with van der Waals surface area (Å²) in [6.07, 6.45) is 3.90. The monoisotopic (exact) mass is 333 g/mol. The number of amides is 1. The van der Waals surface area contributed by atoms with E-state index in [2.05, 4.69) is 10.4 Å². The van der Waals surface area contributed by atoms with Crippen molar-refractivity contribution in [3.05, 3.63) is 83.7 Å². The Morgan fingerprint density at radius 1 is 1.16 bits per heavy atom. The van der Waals surface area contributed by atoms with E-state index in [1.807, 2.05) is 60.8 Å². The number of rotatable bonds is 4. The molecule has 1 aromatic heterocycles. The molecule has 5 nitrogen and oxygen atoms in total. The van der Waals surface area contributed by atoms with Crippen molar-refractivity contribution in [3.8, 4) is 5.69 Å².